The number of methoxy groups -OCH3 is 1. The lowest BCUT2D eigenvalue weighted by Crippen LogP contribution is -2.23. The number of aliphatic hydroxyl groups is 1. The van der Waals surface area contributed by atoms with Crippen molar-refractivity contribution in [3.8, 4) is 5.75 Å². The summed E-state index contributed by atoms with van der Waals surface area (Å²) in [4.78, 5) is 0. The molecule has 3 N–H and O–H groups in total. The van der Waals surface area contributed by atoms with Crippen LogP contribution in [0.5, 0.6) is 5.75 Å². The number of benzene rings is 2. The van der Waals surface area contributed by atoms with Gasteiger partial charge in [-0.1, -0.05) is 25.1 Å². The molecule has 102 valence electrons. The summed E-state index contributed by atoms with van der Waals surface area (Å²) in [6.07, 6.45) is 0.873. The van der Waals surface area contributed by atoms with E-state index in [1.54, 1.807) is 7.11 Å². The van der Waals surface area contributed by atoms with Crippen molar-refractivity contribution in [3.63, 3.8) is 0 Å². The Hall–Kier alpha value is -1.58. The molecular formula is C16H21NO2. The first-order valence-electron chi connectivity index (χ1n) is 6.63. The zero-order valence-corrected chi connectivity index (χ0v) is 11.5. The molecule has 0 aliphatic heterocycles. The SMILES string of the molecule is CCC(CO)C(N)c1ccc2cc(OC)ccc2c1. The highest BCUT2D eigenvalue weighted by Crippen LogP contribution is 2.27. The first kappa shape index (κ1) is 13.8. The van der Waals surface area contributed by atoms with E-state index in [1.807, 2.05) is 31.2 Å². The standard InChI is InChI=1S/C16H21NO2/c1-3-11(10-18)16(17)14-5-4-13-9-15(19-2)7-6-12(13)8-14/h4-9,11,16,18H,3,10,17H2,1-2H3. The molecule has 19 heavy (non-hydrogen) atoms. The highest BCUT2D eigenvalue weighted by molar-refractivity contribution is 5.84. The summed E-state index contributed by atoms with van der Waals surface area (Å²) in [5, 5.41) is 11.6. The predicted octanol–water partition coefficient (Wildman–Crippen LogP) is 2.87. The van der Waals surface area contributed by atoms with Gasteiger partial charge in [-0.2, -0.15) is 0 Å². The van der Waals surface area contributed by atoms with E-state index in [-0.39, 0.29) is 18.6 Å². The van der Waals surface area contributed by atoms with Crippen LogP contribution in [0.4, 0.5) is 0 Å². The monoisotopic (exact) mass is 259 g/mol. The lowest BCUT2D eigenvalue weighted by molar-refractivity contribution is 0.201. The Morgan fingerprint density at radius 1 is 1.16 bits per heavy atom. The van der Waals surface area contributed by atoms with Crippen LogP contribution < -0.4 is 10.5 Å². The van der Waals surface area contributed by atoms with Crippen LogP contribution >= 0.6 is 0 Å². The van der Waals surface area contributed by atoms with Crippen LogP contribution in [0.3, 0.4) is 0 Å². The third-order valence-electron chi connectivity index (χ3n) is 3.72. The van der Waals surface area contributed by atoms with Gasteiger partial charge in [0.2, 0.25) is 0 Å². The van der Waals surface area contributed by atoms with Gasteiger partial charge in [-0.25, -0.2) is 0 Å². The lowest BCUT2D eigenvalue weighted by Gasteiger charge is -2.21. The normalized spacial score (nSPS) is 14.3. The van der Waals surface area contributed by atoms with Gasteiger partial charge in [-0.3, -0.25) is 0 Å². The Balaban J connectivity index is 2.36. The second-order valence-corrected chi connectivity index (χ2v) is 4.85. The summed E-state index contributed by atoms with van der Waals surface area (Å²) in [6.45, 7) is 2.17. The van der Waals surface area contributed by atoms with E-state index in [2.05, 4.69) is 12.1 Å². The van der Waals surface area contributed by atoms with Gasteiger partial charge in [0.05, 0.1) is 7.11 Å². The van der Waals surface area contributed by atoms with E-state index in [0.717, 1.165) is 28.5 Å². The molecule has 0 bridgehead atoms. The molecule has 2 aromatic carbocycles. The molecule has 0 heterocycles. The summed E-state index contributed by atoms with van der Waals surface area (Å²) < 4.78 is 5.22. The molecule has 0 saturated heterocycles. The number of hydrogen-bond donors (Lipinski definition) is 2. The van der Waals surface area contributed by atoms with E-state index in [9.17, 15) is 5.11 Å². The Bertz CT molecular complexity index is 549. The summed E-state index contributed by atoms with van der Waals surface area (Å²) in [5.74, 6) is 0.960. The highest BCUT2D eigenvalue weighted by Gasteiger charge is 2.17. The molecule has 0 amide bonds. The first-order chi connectivity index (χ1) is 9.19. The van der Waals surface area contributed by atoms with E-state index in [0.29, 0.717) is 0 Å². The molecule has 0 saturated carbocycles. The van der Waals surface area contributed by atoms with Crippen LogP contribution in [-0.4, -0.2) is 18.8 Å². The van der Waals surface area contributed by atoms with Gasteiger partial charge >= 0.3 is 0 Å². The van der Waals surface area contributed by atoms with Crippen LogP contribution in [0, 0.1) is 5.92 Å². The van der Waals surface area contributed by atoms with Gasteiger partial charge < -0.3 is 15.6 Å². The fourth-order valence-electron chi connectivity index (χ4n) is 2.35. The summed E-state index contributed by atoms with van der Waals surface area (Å²) in [6, 6.07) is 12.0. The van der Waals surface area contributed by atoms with Crippen LogP contribution in [0.1, 0.15) is 24.9 Å². The molecule has 2 atom stereocenters. The summed E-state index contributed by atoms with van der Waals surface area (Å²) in [5.41, 5.74) is 7.29. The third kappa shape index (κ3) is 2.88. The maximum absolute atomic E-state index is 9.34. The molecule has 2 aromatic rings. The first-order valence-corrected chi connectivity index (χ1v) is 6.63. The number of fused-ring (bicyclic) bond motifs is 1. The molecule has 2 unspecified atom stereocenters. The Morgan fingerprint density at radius 3 is 2.47 bits per heavy atom. The average Bonchev–Trinajstić information content (AvgIpc) is 2.47. The Morgan fingerprint density at radius 2 is 1.84 bits per heavy atom. The van der Waals surface area contributed by atoms with Gasteiger partial charge in [0, 0.05) is 18.6 Å². The van der Waals surface area contributed by atoms with Crippen molar-refractivity contribution in [1.82, 2.24) is 0 Å². The zero-order valence-electron chi connectivity index (χ0n) is 11.5. The smallest absolute Gasteiger partial charge is 0.119 e. The second-order valence-electron chi connectivity index (χ2n) is 4.85. The molecule has 0 radical (unpaired) electrons. The van der Waals surface area contributed by atoms with Gasteiger partial charge in [0.1, 0.15) is 5.75 Å². The maximum atomic E-state index is 9.34. The minimum Gasteiger partial charge on any atom is -0.497 e. The number of nitrogens with two attached hydrogens (primary N) is 1. The fourth-order valence-corrected chi connectivity index (χ4v) is 2.35. The highest BCUT2D eigenvalue weighted by atomic mass is 16.5. The molecule has 0 spiro atoms. The molecule has 2 rings (SSSR count). The van der Waals surface area contributed by atoms with Crippen LogP contribution in [0.15, 0.2) is 36.4 Å². The number of aliphatic hydroxyl groups excluding tert-OH is 1. The summed E-state index contributed by atoms with van der Waals surface area (Å²) in [7, 11) is 1.67. The van der Waals surface area contributed by atoms with E-state index >= 15 is 0 Å². The van der Waals surface area contributed by atoms with Crippen LogP contribution in [0.2, 0.25) is 0 Å². The largest absolute Gasteiger partial charge is 0.497 e. The molecule has 0 fully saturated rings. The van der Waals surface area contributed by atoms with E-state index < -0.39 is 0 Å². The van der Waals surface area contributed by atoms with Crippen molar-refractivity contribution < 1.29 is 9.84 Å². The third-order valence-corrected chi connectivity index (χ3v) is 3.72. The molecule has 0 aliphatic carbocycles. The quantitative estimate of drug-likeness (QED) is 0.868. The summed E-state index contributed by atoms with van der Waals surface area (Å²) >= 11 is 0. The molecule has 3 nitrogen and oxygen atoms in total. The van der Waals surface area contributed by atoms with Crippen LogP contribution in [0.25, 0.3) is 10.8 Å². The molecule has 3 heteroatoms. The van der Waals surface area contributed by atoms with E-state index in [4.69, 9.17) is 10.5 Å². The lowest BCUT2D eigenvalue weighted by atomic mass is 9.91. The topological polar surface area (TPSA) is 55.5 Å². The average molecular weight is 259 g/mol. The van der Waals surface area contributed by atoms with Crippen molar-refractivity contribution in [2.24, 2.45) is 11.7 Å². The fraction of sp³-hybridized carbons (Fsp3) is 0.375. The predicted molar refractivity (Wildman–Crippen MR) is 78.3 cm³/mol. The van der Waals surface area contributed by atoms with E-state index in [1.165, 1.54) is 0 Å². The second kappa shape index (κ2) is 6.04. The minimum atomic E-state index is -0.124. The van der Waals surface area contributed by atoms with Gasteiger partial charge in [0.25, 0.3) is 0 Å². The molecular weight excluding hydrogens is 238 g/mol. The number of hydrogen-bond acceptors (Lipinski definition) is 3. The zero-order chi connectivity index (χ0) is 13.8. The van der Waals surface area contributed by atoms with Crippen molar-refractivity contribution in [1.29, 1.82) is 0 Å². The van der Waals surface area contributed by atoms with Crippen LogP contribution in [-0.2, 0) is 0 Å². The van der Waals surface area contributed by atoms with Crippen molar-refractivity contribution in [2.75, 3.05) is 13.7 Å². The Labute approximate surface area is 114 Å². The van der Waals surface area contributed by atoms with Gasteiger partial charge in [-0.05, 0) is 41.0 Å². The van der Waals surface area contributed by atoms with Crippen molar-refractivity contribution in [2.45, 2.75) is 19.4 Å². The van der Waals surface area contributed by atoms with Crippen molar-refractivity contribution >= 4 is 10.8 Å². The number of ether oxygens (including phenoxy) is 1. The Kier molecular flexibility index (Phi) is 4.40. The molecule has 0 aliphatic rings. The molecule has 0 aromatic heterocycles. The van der Waals surface area contributed by atoms with Gasteiger partial charge in [-0.15, -0.1) is 0 Å². The maximum Gasteiger partial charge on any atom is 0.119 e. The number of rotatable bonds is 5. The van der Waals surface area contributed by atoms with Crippen molar-refractivity contribution in [3.05, 3.63) is 42.0 Å². The van der Waals surface area contributed by atoms with Gasteiger partial charge in [0.15, 0.2) is 0 Å². The minimum absolute atomic E-state index is 0.107.